The molecule has 0 aromatic rings. The lowest BCUT2D eigenvalue weighted by Crippen LogP contribution is -2.55. The molecule has 1 atom stereocenters. The molecule has 124 valence electrons. The van der Waals surface area contributed by atoms with Crippen molar-refractivity contribution in [3.63, 3.8) is 0 Å². The molecule has 2 fully saturated rings. The van der Waals surface area contributed by atoms with Gasteiger partial charge in [-0.05, 0) is 34.1 Å². The van der Waals surface area contributed by atoms with Gasteiger partial charge in [-0.1, -0.05) is 0 Å². The standard InChI is InChI=1S/C15H30N2O3S/c1-13(2)16-5-8-20-14(12-16)11-15(3,4)17-6-9-21(18,19)10-7-17/h13-14H,5-12H2,1-4H3. The van der Waals surface area contributed by atoms with Gasteiger partial charge < -0.3 is 4.74 Å². The van der Waals surface area contributed by atoms with Gasteiger partial charge in [-0.25, -0.2) is 8.42 Å². The van der Waals surface area contributed by atoms with Crippen molar-refractivity contribution in [2.75, 3.05) is 44.3 Å². The predicted molar refractivity (Wildman–Crippen MR) is 85.4 cm³/mol. The second kappa shape index (κ2) is 6.52. The molecular weight excluding hydrogens is 288 g/mol. The van der Waals surface area contributed by atoms with Crippen LogP contribution in [0, 0.1) is 0 Å². The summed E-state index contributed by atoms with van der Waals surface area (Å²) >= 11 is 0. The summed E-state index contributed by atoms with van der Waals surface area (Å²) in [6.07, 6.45) is 1.20. The van der Waals surface area contributed by atoms with E-state index in [9.17, 15) is 8.42 Å². The summed E-state index contributed by atoms with van der Waals surface area (Å²) in [7, 11) is -2.81. The highest BCUT2D eigenvalue weighted by Gasteiger charge is 2.35. The van der Waals surface area contributed by atoms with Crippen molar-refractivity contribution in [3.8, 4) is 0 Å². The maximum atomic E-state index is 11.6. The normalized spacial score (nSPS) is 28.9. The summed E-state index contributed by atoms with van der Waals surface area (Å²) in [6.45, 7) is 13.0. The van der Waals surface area contributed by atoms with Crippen molar-refractivity contribution in [1.82, 2.24) is 9.80 Å². The van der Waals surface area contributed by atoms with Crippen molar-refractivity contribution >= 4 is 9.84 Å². The third kappa shape index (κ3) is 4.65. The van der Waals surface area contributed by atoms with Gasteiger partial charge >= 0.3 is 0 Å². The lowest BCUT2D eigenvalue weighted by atomic mass is 9.93. The Hall–Kier alpha value is -0.170. The van der Waals surface area contributed by atoms with Gasteiger partial charge in [0.15, 0.2) is 9.84 Å². The molecule has 6 heteroatoms. The van der Waals surface area contributed by atoms with E-state index in [1.165, 1.54) is 0 Å². The van der Waals surface area contributed by atoms with Gasteiger partial charge in [0.05, 0.1) is 24.2 Å². The molecule has 0 bridgehead atoms. The van der Waals surface area contributed by atoms with Crippen LogP contribution in [0.3, 0.4) is 0 Å². The zero-order valence-electron chi connectivity index (χ0n) is 13.8. The maximum Gasteiger partial charge on any atom is 0.152 e. The van der Waals surface area contributed by atoms with E-state index in [2.05, 4.69) is 37.5 Å². The minimum absolute atomic E-state index is 0.0133. The molecule has 0 aromatic heterocycles. The van der Waals surface area contributed by atoms with Crippen LogP contribution in [0.5, 0.6) is 0 Å². The molecule has 2 aliphatic rings. The number of hydrogen-bond donors (Lipinski definition) is 0. The highest BCUT2D eigenvalue weighted by molar-refractivity contribution is 7.91. The van der Waals surface area contributed by atoms with Gasteiger partial charge in [-0.3, -0.25) is 9.80 Å². The zero-order chi connectivity index (χ0) is 15.7. The number of morpholine rings is 1. The first-order chi connectivity index (χ1) is 9.70. The molecule has 0 aromatic carbocycles. The van der Waals surface area contributed by atoms with E-state index in [4.69, 9.17) is 4.74 Å². The summed E-state index contributed by atoms with van der Waals surface area (Å²) in [5.74, 6) is 0.583. The summed E-state index contributed by atoms with van der Waals surface area (Å²) in [4.78, 5) is 4.77. The average Bonchev–Trinajstić information content (AvgIpc) is 2.37. The van der Waals surface area contributed by atoms with Crippen molar-refractivity contribution in [2.24, 2.45) is 0 Å². The molecule has 0 N–H and O–H groups in total. The third-order valence-corrected chi connectivity index (χ3v) is 6.44. The van der Waals surface area contributed by atoms with Gasteiger partial charge in [0.25, 0.3) is 0 Å². The number of nitrogens with zero attached hydrogens (tertiary/aromatic N) is 2. The quantitative estimate of drug-likeness (QED) is 0.774. The fourth-order valence-corrected chi connectivity index (χ4v) is 4.54. The van der Waals surface area contributed by atoms with Crippen LogP contribution >= 0.6 is 0 Å². The van der Waals surface area contributed by atoms with Gasteiger partial charge in [0.2, 0.25) is 0 Å². The molecular formula is C15H30N2O3S. The highest BCUT2D eigenvalue weighted by Crippen LogP contribution is 2.26. The Labute approximate surface area is 129 Å². The van der Waals surface area contributed by atoms with Crippen LogP contribution in [-0.2, 0) is 14.6 Å². The molecule has 2 saturated heterocycles. The molecule has 1 unspecified atom stereocenters. The monoisotopic (exact) mass is 318 g/mol. The van der Waals surface area contributed by atoms with Crippen LogP contribution < -0.4 is 0 Å². The molecule has 0 aliphatic carbocycles. The van der Waals surface area contributed by atoms with Crippen LogP contribution in [0.2, 0.25) is 0 Å². The second-order valence-electron chi connectivity index (χ2n) is 7.24. The predicted octanol–water partition coefficient (Wildman–Crippen LogP) is 0.995. The molecule has 0 amide bonds. The molecule has 2 heterocycles. The summed E-state index contributed by atoms with van der Waals surface area (Å²) in [6, 6.07) is 0.555. The molecule has 0 saturated carbocycles. The van der Waals surface area contributed by atoms with E-state index in [1.54, 1.807) is 0 Å². The Bertz CT molecular complexity index is 434. The van der Waals surface area contributed by atoms with E-state index in [-0.39, 0.29) is 11.6 Å². The molecule has 0 spiro atoms. The Kier molecular flexibility index (Phi) is 5.34. The van der Waals surface area contributed by atoms with Crippen LogP contribution in [-0.4, -0.2) is 80.2 Å². The van der Waals surface area contributed by atoms with Crippen molar-refractivity contribution in [2.45, 2.75) is 51.8 Å². The van der Waals surface area contributed by atoms with E-state index in [1.807, 2.05) is 0 Å². The fourth-order valence-electron chi connectivity index (χ4n) is 3.34. The van der Waals surface area contributed by atoms with Gasteiger partial charge in [0.1, 0.15) is 0 Å². The number of rotatable bonds is 4. The Morgan fingerprint density at radius 2 is 1.81 bits per heavy atom. The Morgan fingerprint density at radius 1 is 1.19 bits per heavy atom. The van der Waals surface area contributed by atoms with Crippen LogP contribution in [0.25, 0.3) is 0 Å². The summed E-state index contributed by atoms with van der Waals surface area (Å²) < 4.78 is 29.1. The van der Waals surface area contributed by atoms with Crippen molar-refractivity contribution in [3.05, 3.63) is 0 Å². The highest BCUT2D eigenvalue weighted by atomic mass is 32.2. The van der Waals surface area contributed by atoms with Crippen molar-refractivity contribution < 1.29 is 13.2 Å². The first-order valence-electron chi connectivity index (χ1n) is 8.01. The number of sulfone groups is 1. The fraction of sp³-hybridized carbons (Fsp3) is 1.00. The first-order valence-corrected chi connectivity index (χ1v) is 9.83. The van der Waals surface area contributed by atoms with E-state index in [0.29, 0.717) is 30.6 Å². The Balaban J connectivity index is 1.91. The Morgan fingerprint density at radius 3 is 2.38 bits per heavy atom. The van der Waals surface area contributed by atoms with Crippen LogP contribution in [0.4, 0.5) is 0 Å². The topological polar surface area (TPSA) is 49.9 Å². The van der Waals surface area contributed by atoms with Gasteiger partial charge in [0, 0.05) is 37.8 Å². The summed E-state index contributed by atoms with van der Waals surface area (Å²) in [5, 5.41) is 0. The third-order valence-electron chi connectivity index (χ3n) is 4.83. The summed E-state index contributed by atoms with van der Waals surface area (Å²) in [5.41, 5.74) is -0.0133. The SMILES string of the molecule is CC(C)N1CCOC(CC(C)(C)N2CCS(=O)(=O)CC2)C1. The van der Waals surface area contributed by atoms with E-state index < -0.39 is 9.84 Å². The number of hydrogen-bond acceptors (Lipinski definition) is 5. The first kappa shape index (κ1) is 17.2. The smallest absolute Gasteiger partial charge is 0.152 e. The van der Waals surface area contributed by atoms with Crippen LogP contribution in [0.15, 0.2) is 0 Å². The van der Waals surface area contributed by atoms with Crippen molar-refractivity contribution in [1.29, 1.82) is 0 Å². The largest absolute Gasteiger partial charge is 0.375 e. The molecule has 0 radical (unpaired) electrons. The average molecular weight is 318 g/mol. The van der Waals surface area contributed by atoms with Crippen LogP contribution in [0.1, 0.15) is 34.1 Å². The van der Waals surface area contributed by atoms with Gasteiger partial charge in [-0.15, -0.1) is 0 Å². The molecule has 21 heavy (non-hydrogen) atoms. The minimum atomic E-state index is -2.81. The lowest BCUT2D eigenvalue weighted by Gasteiger charge is -2.44. The maximum absolute atomic E-state index is 11.6. The second-order valence-corrected chi connectivity index (χ2v) is 9.54. The van der Waals surface area contributed by atoms with Gasteiger partial charge in [-0.2, -0.15) is 0 Å². The lowest BCUT2D eigenvalue weighted by molar-refractivity contribution is -0.0630. The molecule has 2 aliphatic heterocycles. The molecule has 2 rings (SSSR count). The van der Waals surface area contributed by atoms with E-state index >= 15 is 0 Å². The zero-order valence-corrected chi connectivity index (χ0v) is 14.7. The minimum Gasteiger partial charge on any atom is -0.375 e. The van der Waals surface area contributed by atoms with E-state index in [0.717, 1.165) is 26.1 Å². The number of ether oxygens (including phenoxy) is 1. The molecule has 5 nitrogen and oxygen atoms in total.